The lowest BCUT2D eigenvalue weighted by Gasteiger charge is -2.30. The van der Waals surface area contributed by atoms with Crippen LogP contribution in [-0.4, -0.2) is 16.1 Å². The molecule has 0 amide bonds. The van der Waals surface area contributed by atoms with Crippen LogP contribution >= 0.6 is 0 Å². The Hall–Kier alpha value is -1.61. The summed E-state index contributed by atoms with van der Waals surface area (Å²) >= 11 is 0. The summed E-state index contributed by atoms with van der Waals surface area (Å²) in [5, 5.41) is 3.83. The Bertz CT molecular complexity index is 611. The van der Waals surface area contributed by atoms with Gasteiger partial charge in [-0.2, -0.15) is 0 Å². The highest BCUT2D eigenvalue weighted by Crippen LogP contribution is 2.34. The number of hydrogen-bond donors (Lipinski definition) is 1. The smallest absolute Gasteiger partial charge is 0.126 e. The first-order valence-corrected chi connectivity index (χ1v) is 9.61. The molecule has 24 heavy (non-hydrogen) atoms. The largest absolute Gasteiger partial charge is 0.336 e. The molecule has 1 aliphatic rings. The molecule has 1 unspecified atom stereocenters. The van der Waals surface area contributed by atoms with E-state index in [0.29, 0.717) is 6.04 Å². The zero-order valence-corrected chi connectivity index (χ0v) is 15.2. The monoisotopic (exact) mass is 325 g/mol. The van der Waals surface area contributed by atoms with Crippen LogP contribution in [0, 0.1) is 5.92 Å². The van der Waals surface area contributed by atoms with Crippen molar-refractivity contribution in [2.45, 2.75) is 57.9 Å². The van der Waals surface area contributed by atoms with Crippen molar-refractivity contribution in [2.24, 2.45) is 13.0 Å². The van der Waals surface area contributed by atoms with E-state index in [9.17, 15) is 0 Å². The number of aromatic nitrogens is 2. The fraction of sp³-hybridized carbons (Fsp3) is 0.571. The topological polar surface area (TPSA) is 29.9 Å². The third kappa shape index (κ3) is 4.07. The Kier molecular flexibility index (Phi) is 6.08. The molecule has 1 heterocycles. The zero-order chi connectivity index (χ0) is 16.8. The first-order chi connectivity index (χ1) is 11.8. The summed E-state index contributed by atoms with van der Waals surface area (Å²) in [6, 6.07) is 10.9. The molecular formula is C21H31N3. The van der Waals surface area contributed by atoms with Crippen molar-refractivity contribution in [3.05, 3.63) is 42.4 Å². The molecule has 130 valence electrons. The number of benzene rings is 1. The van der Waals surface area contributed by atoms with Gasteiger partial charge in [0.25, 0.3) is 0 Å². The highest BCUT2D eigenvalue weighted by molar-refractivity contribution is 5.58. The summed E-state index contributed by atoms with van der Waals surface area (Å²) in [4.78, 5) is 5.03. The average molecular weight is 326 g/mol. The maximum atomic E-state index is 5.03. The molecule has 0 saturated heterocycles. The number of hydrogen-bond acceptors (Lipinski definition) is 2. The first-order valence-electron chi connectivity index (χ1n) is 9.61. The minimum absolute atomic E-state index is 0.388. The Morgan fingerprint density at radius 3 is 2.62 bits per heavy atom. The van der Waals surface area contributed by atoms with Gasteiger partial charge in [-0.25, -0.2) is 4.98 Å². The maximum absolute atomic E-state index is 5.03. The summed E-state index contributed by atoms with van der Waals surface area (Å²) in [7, 11) is 2.14. The van der Waals surface area contributed by atoms with Gasteiger partial charge in [0.2, 0.25) is 0 Å². The second-order valence-electron chi connectivity index (χ2n) is 7.14. The van der Waals surface area contributed by atoms with Gasteiger partial charge in [0.05, 0.1) is 11.7 Å². The van der Waals surface area contributed by atoms with E-state index in [0.717, 1.165) is 18.2 Å². The minimum Gasteiger partial charge on any atom is -0.336 e. The summed E-state index contributed by atoms with van der Waals surface area (Å²) in [5.41, 5.74) is 2.29. The van der Waals surface area contributed by atoms with Crippen molar-refractivity contribution in [1.82, 2.24) is 14.9 Å². The molecule has 0 radical (unpaired) electrons. The van der Waals surface area contributed by atoms with Crippen LogP contribution in [0.4, 0.5) is 0 Å². The molecule has 1 N–H and O–H groups in total. The molecular weight excluding hydrogens is 294 g/mol. The summed E-state index contributed by atoms with van der Waals surface area (Å²) in [6.07, 6.45) is 11.4. The van der Waals surface area contributed by atoms with Gasteiger partial charge >= 0.3 is 0 Å². The highest BCUT2D eigenvalue weighted by Gasteiger charge is 2.28. The summed E-state index contributed by atoms with van der Waals surface area (Å²) in [6.45, 7) is 3.34. The maximum Gasteiger partial charge on any atom is 0.126 e. The first kappa shape index (κ1) is 17.2. The van der Waals surface area contributed by atoms with E-state index in [-0.39, 0.29) is 0 Å². The molecule has 1 aromatic carbocycles. The van der Waals surface area contributed by atoms with E-state index in [1.165, 1.54) is 56.3 Å². The minimum atomic E-state index is 0.388. The predicted molar refractivity (Wildman–Crippen MR) is 101 cm³/mol. The number of nitrogens with one attached hydrogen (secondary N) is 1. The van der Waals surface area contributed by atoms with Gasteiger partial charge < -0.3 is 9.88 Å². The Morgan fingerprint density at radius 1 is 1.17 bits per heavy atom. The van der Waals surface area contributed by atoms with Gasteiger partial charge in [-0.05, 0) is 31.7 Å². The molecule has 3 rings (SSSR count). The van der Waals surface area contributed by atoms with Crippen LogP contribution in [0.3, 0.4) is 0 Å². The number of unbranched alkanes of at least 4 members (excludes halogenated alkanes) is 1. The van der Waals surface area contributed by atoms with Gasteiger partial charge in [0, 0.05) is 18.8 Å². The van der Waals surface area contributed by atoms with E-state index >= 15 is 0 Å². The van der Waals surface area contributed by atoms with Crippen molar-refractivity contribution in [3.63, 3.8) is 0 Å². The van der Waals surface area contributed by atoms with Gasteiger partial charge in [-0.15, -0.1) is 0 Å². The van der Waals surface area contributed by atoms with Crippen LogP contribution < -0.4 is 5.32 Å². The van der Waals surface area contributed by atoms with E-state index in [4.69, 9.17) is 4.98 Å². The van der Waals surface area contributed by atoms with Crippen LogP contribution in [0.2, 0.25) is 0 Å². The van der Waals surface area contributed by atoms with E-state index in [1.54, 1.807) is 0 Å². The average Bonchev–Trinajstić information content (AvgIpc) is 3.02. The van der Waals surface area contributed by atoms with Crippen LogP contribution in [0.5, 0.6) is 0 Å². The number of imidazole rings is 1. The molecule has 2 aromatic rings. The summed E-state index contributed by atoms with van der Waals surface area (Å²) in [5.74, 6) is 1.93. The fourth-order valence-corrected chi connectivity index (χ4v) is 3.89. The third-order valence-electron chi connectivity index (χ3n) is 5.28. The van der Waals surface area contributed by atoms with Gasteiger partial charge in [0.1, 0.15) is 5.82 Å². The van der Waals surface area contributed by atoms with Crippen LogP contribution in [0.25, 0.3) is 11.3 Å². The number of aryl methyl sites for hydroxylation is 1. The Labute approximate surface area is 146 Å². The Balaban J connectivity index is 1.84. The quantitative estimate of drug-likeness (QED) is 0.718. The van der Waals surface area contributed by atoms with Gasteiger partial charge in [-0.1, -0.05) is 62.9 Å². The third-order valence-corrected chi connectivity index (χ3v) is 5.28. The molecule has 1 aromatic heterocycles. The van der Waals surface area contributed by atoms with Crippen LogP contribution in [-0.2, 0) is 7.05 Å². The second kappa shape index (κ2) is 8.48. The molecule has 3 nitrogen and oxygen atoms in total. The van der Waals surface area contributed by atoms with Crippen molar-refractivity contribution >= 4 is 0 Å². The molecule has 0 spiro atoms. The van der Waals surface area contributed by atoms with Crippen molar-refractivity contribution < 1.29 is 0 Å². The second-order valence-corrected chi connectivity index (χ2v) is 7.14. The standard InChI is InChI=1S/C21H31N3/c1-3-4-15-22-20(18-13-9-6-10-14-18)21-23-19(16-24(21)2)17-11-7-5-8-12-17/h5,7-8,11-12,16,18,20,22H,3-4,6,9-10,13-15H2,1-2H3. The van der Waals surface area contributed by atoms with Gasteiger partial charge in [-0.3, -0.25) is 0 Å². The lowest BCUT2D eigenvalue weighted by molar-refractivity contribution is 0.260. The SMILES string of the molecule is CCCCNC(c1nc(-c2ccccc2)cn1C)C1CCCCC1. The molecule has 0 bridgehead atoms. The van der Waals surface area contributed by atoms with E-state index in [1.807, 2.05) is 0 Å². The van der Waals surface area contributed by atoms with Crippen molar-refractivity contribution in [1.29, 1.82) is 0 Å². The zero-order valence-electron chi connectivity index (χ0n) is 15.2. The van der Waals surface area contributed by atoms with Crippen molar-refractivity contribution in [2.75, 3.05) is 6.54 Å². The van der Waals surface area contributed by atoms with Crippen LogP contribution in [0.1, 0.15) is 63.7 Å². The molecule has 1 fully saturated rings. The van der Waals surface area contributed by atoms with Crippen LogP contribution in [0.15, 0.2) is 36.5 Å². The molecule has 0 aliphatic heterocycles. The number of nitrogens with zero attached hydrogens (tertiary/aromatic N) is 2. The predicted octanol–water partition coefficient (Wildman–Crippen LogP) is 5.10. The normalized spacial score (nSPS) is 17.1. The highest BCUT2D eigenvalue weighted by atomic mass is 15.1. The lowest BCUT2D eigenvalue weighted by Crippen LogP contribution is -2.32. The van der Waals surface area contributed by atoms with Crippen molar-refractivity contribution in [3.8, 4) is 11.3 Å². The number of rotatable bonds is 7. The molecule has 1 aliphatic carbocycles. The lowest BCUT2D eigenvalue weighted by atomic mass is 9.83. The van der Waals surface area contributed by atoms with E-state index in [2.05, 4.69) is 60.4 Å². The Morgan fingerprint density at radius 2 is 1.92 bits per heavy atom. The molecule has 1 saturated carbocycles. The molecule has 1 atom stereocenters. The van der Waals surface area contributed by atoms with Gasteiger partial charge in [0.15, 0.2) is 0 Å². The summed E-state index contributed by atoms with van der Waals surface area (Å²) < 4.78 is 2.24. The fourth-order valence-electron chi connectivity index (χ4n) is 3.89. The molecule has 3 heteroatoms. The van der Waals surface area contributed by atoms with E-state index < -0.39 is 0 Å².